The van der Waals surface area contributed by atoms with Gasteiger partial charge in [0.25, 0.3) is 0 Å². The zero-order chi connectivity index (χ0) is 53.6. The summed E-state index contributed by atoms with van der Waals surface area (Å²) in [6.07, 6.45) is 77.3. The van der Waals surface area contributed by atoms with Crippen LogP contribution in [0.4, 0.5) is 0 Å². The number of allylic oxidation sites excluding steroid dienone is 6. The van der Waals surface area contributed by atoms with E-state index in [9.17, 15) is 14.4 Å². The van der Waals surface area contributed by atoms with Crippen LogP contribution in [-0.2, 0) is 28.6 Å². The van der Waals surface area contributed by atoms with E-state index >= 15 is 0 Å². The van der Waals surface area contributed by atoms with Gasteiger partial charge in [0.05, 0.1) is 0 Å². The molecule has 0 bridgehead atoms. The molecule has 6 heteroatoms. The van der Waals surface area contributed by atoms with Crippen LogP contribution in [0.15, 0.2) is 36.5 Å². The normalized spacial score (nSPS) is 12.2. The molecular formula is C68H126O6. The Morgan fingerprint density at radius 3 is 0.784 bits per heavy atom. The first-order valence-corrected chi connectivity index (χ1v) is 33.0. The quantitative estimate of drug-likeness (QED) is 0.0261. The summed E-state index contributed by atoms with van der Waals surface area (Å²) in [5, 5.41) is 0. The van der Waals surface area contributed by atoms with Gasteiger partial charge in [0.1, 0.15) is 13.2 Å². The lowest BCUT2D eigenvalue weighted by Gasteiger charge is -2.18. The predicted octanol–water partition coefficient (Wildman–Crippen LogP) is 22.4. The van der Waals surface area contributed by atoms with E-state index in [0.717, 1.165) is 64.2 Å². The minimum absolute atomic E-state index is 0.0692. The summed E-state index contributed by atoms with van der Waals surface area (Å²) in [5.41, 5.74) is 0. The fraction of sp³-hybridized carbons (Fsp3) is 0.868. The fourth-order valence-corrected chi connectivity index (χ4v) is 9.88. The number of hydrogen-bond donors (Lipinski definition) is 0. The lowest BCUT2D eigenvalue weighted by atomic mass is 10.0. The zero-order valence-corrected chi connectivity index (χ0v) is 49.9. The molecule has 74 heavy (non-hydrogen) atoms. The highest BCUT2D eigenvalue weighted by atomic mass is 16.6. The van der Waals surface area contributed by atoms with Gasteiger partial charge in [-0.05, 0) is 77.0 Å². The molecule has 0 aliphatic rings. The van der Waals surface area contributed by atoms with Crippen molar-refractivity contribution in [2.75, 3.05) is 13.2 Å². The Labute approximate surface area is 461 Å². The van der Waals surface area contributed by atoms with Crippen molar-refractivity contribution < 1.29 is 28.6 Å². The molecule has 434 valence electrons. The number of carbonyl (C=O) groups excluding carboxylic acids is 3. The van der Waals surface area contributed by atoms with Gasteiger partial charge >= 0.3 is 17.9 Å². The number of hydrogen-bond acceptors (Lipinski definition) is 6. The number of carbonyl (C=O) groups is 3. The molecule has 0 N–H and O–H groups in total. The van der Waals surface area contributed by atoms with Crippen molar-refractivity contribution in [3.8, 4) is 0 Å². The van der Waals surface area contributed by atoms with Crippen LogP contribution in [0.5, 0.6) is 0 Å². The molecule has 0 saturated carbocycles. The van der Waals surface area contributed by atoms with Crippen molar-refractivity contribution in [2.45, 2.75) is 367 Å². The Morgan fingerprint density at radius 1 is 0.270 bits per heavy atom. The van der Waals surface area contributed by atoms with Gasteiger partial charge in [-0.3, -0.25) is 14.4 Å². The summed E-state index contributed by atoms with van der Waals surface area (Å²) in [7, 11) is 0. The largest absolute Gasteiger partial charge is 0.462 e. The van der Waals surface area contributed by atoms with Crippen LogP contribution in [0.25, 0.3) is 0 Å². The average Bonchev–Trinajstić information content (AvgIpc) is 3.40. The van der Waals surface area contributed by atoms with Gasteiger partial charge in [-0.15, -0.1) is 0 Å². The Balaban J connectivity index is 4.23. The lowest BCUT2D eigenvalue weighted by Crippen LogP contribution is -2.30. The van der Waals surface area contributed by atoms with Crippen LogP contribution in [0.3, 0.4) is 0 Å². The fourth-order valence-electron chi connectivity index (χ4n) is 9.88. The van der Waals surface area contributed by atoms with Crippen LogP contribution in [0.2, 0.25) is 0 Å². The first kappa shape index (κ1) is 71.6. The summed E-state index contributed by atoms with van der Waals surface area (Å²) in [4.78, 5) is 38.3. The van der Waals surface area contributed by atoms with Crippen molar-refractivity contribution in [3.63, 3.8) is 0 Å². The van der Waals surface area contributed by atoms with Gasteiger partial charge in [0, 0.05) is 19.3 Å². The topological polar surface area (TPSA) is 78.9 Å². The average molecular weight is 1040 g/mol. The second kappa shape index (κ2) is 63.2. The molecule has 0 rings (SSSR count). The smallest absolute Gasteiger partial charge is 0.306 e. The predicted molar refractivity (Wildman–Crippen MR) is 321 cm³/mol. The van der Waals surface area contributed by atoms with Crippen molar-refractivity contribution >= 4 is 17.9 Å². The van der Waals surface area contributed by atoms with Gasteiger partial charge in [-0.1, -0.05) is 301 Å². The third-order valence-corrected chi connectivity index (χ3v) is 14.9. The van der Waals surface area contributed by atoms with E-state index in [2.05, 4.69) is 57.2 Å². The van der Waals surface area contributed by atoms with Crippen molar-refractivity contribution in [3.05, 3.63) is 36.5 Å². The van der Waals surface area contributed by atoms with E-state index in [0.29, 0.717) is 19.3 Å². The minimum atomic E-state index is -0.772. The van der Waals surface area contributed by atoms with Crippen LogP contribution in [0.1, 0.15) is 361 Å². The number of rotatable bonds is 61. The monoisotopic (exact) mass is 1040 g/mol. The molecule has 1 unspecified atom stereocenters. The third kappa shape index (κ3) is 60.5. The summed E-state index contributed by atoms with van der Waals surface area (Å²) in [6, 6.07) is 0. The van der Waals surface area contributed by atoms with Crippen LogP contribution in [-0.4, -0.2) is 37.2 Å². The number of unbranched alkanes of at least 4 members (excludes halogenated alkanes) is 44. The summed E-state index contributed by atoms with van der Waals surface area (Å²) < 4.78 is 16.9. The van der Waals surface area contributed by atoms with Gasteiger partial charge in [-0.2, -0.15) is 0 Å². The molecule has 0 radical (unpaired) electrons. The van der Waals surface area contributed by atoms with Crippen molar-refractivity contribution in [1.82, 2.24) is 0 Å². The van der Waals surface area contributed by atoms with E-state index in [-0.39, 0.29) is 31.1 Å². The van der Waals surface area contributed by atoms with E-state index in [1.54, 1.807) is 0 Å². The molecule has 0 heterocycles. The highest BCUT2D eigenvalue weighted by molar-refractivity contribution is 5.71. The molecule has 0 aromatic heterocycles. The summed E-state index contributed by atoms with van der Waals surface area (Å²) in [6.45, 7) is 6.67. The second-order valence-electron chi connectivity index (χ2n) is 22.4. The maximum Gasteiger partial charge on any atom is 0.306 e. The van der Waals surface area contributed by atoms with E-state index in [1.165, 1.54) is 257 Å². The first-order chi connectivity index (χ1) is 36.5. The molecule has 0 amide bonds. The minimum Gasteiger partial charge on any atom is -0.462 e. The second-order valence-corrected chi connectivity index (χ2v) is 22.4. The molecule has 0 fully saturated rings. The Bertz CT molecular complexity index is 1240. The Kier molecular flexibility index (Phi) is 61.1. The summed E-state index contributed by atoms with van der Waals surface area (Å²) >= 11 is 0. The molecule has 0 aliphatic heterocycles. The van der Waals surface area contributed by atoms with Crippen LogP contribution in [0, 0.1) is 0 Å². The zero-order valence-electron chi connectivity index (χ0n) is 49.9. The molecule has 0 aliphatic carbocycles. The Hall–Kier alpha value is -2.37. The molecular weight excluding hydrogens is 913 g/mol. The van der Waals surface area contributed by atoms with Gasteiger partial charge in [0.15, 0.2) is 6.10 Å². The number of esters is 3. The van der Waals surface area contributed by atoms with Gasteiger partial charge in [0.2, 0.25) is 0 Å². The van der Waals surface area contributed by atoms with E-state index in [1.807, 2.05) is 0 Å². The molecule has 0 spiro atoms. The third-order valence-electron chi connectivity index (χ3n) is 14.9. The maximum atomic E-state index is 12.9. The van der Waals surface area contributed by atoms with Gasteiger partial charge < -0.3 is 14.2 Å². The van der Waals surface area contributed by atoms with E-state index in [4.69, 9.17) is 14.2 Å². The SMILES string of the molecule is CCCCC/C=C\C/C=C\CCCCCCCCCCCC(=O)OC(COC(=O)CCCCCCCCCCCCCC)COC(=O)CCCCCCCCCCCCCCC/C=C\CCCCCCCCCC. The Morgan fingerprint density at radius 2 is 0.486 bits per heavy atom. The standard InChI is InChI=1S/C68H126O6/c1-4-7-10-13-16-19-22-25-27-29-31-32-33-34-35-36-38-39-41-43-46-49-52-55-58-61-67(70)73-64-65(63-72-66(69)60-57-54-51-48-45-24-21-18-15-12-9-6-3)74-68(71)62-59-56-53-50-47-44-42-40-37-30-28-26-23-20-17-14-11-8-5-2/h17,20,26,28-29,31,65H,4-16,18-19,21-25,27,30,32-64H2,1-3H3/b20-17-,28-26-,31-29-. The summed E-state index contributed by atoms with van der Waals surface area (Å²) in [5.74, 6) is -0.850. The first-order valence-electron chi connectivity index (χ1n) is 33.0. The highest BCUT2D eigenvalue weighted by Gasteiger charge is 2.19. The van der Waals surface area contributed by atoms with Crippen molar-refractivity contribution in [1.29, 1.82) is 0 Å². The number of ether oxygens (including phenoxy) is 3. The van der Waals surface area contributed by atoms with E-state index < -0.39 is 6.10 Å². The molecule has 6 nitrogen and oxygen atoms in total. The van der Waals surface area contributed by atoms with Crippen molar-refractivity contribution in [2.24, 2.45) is 0 Å². The molecule has 0 aromatic rings. The lowest BCUT2D eigenvalue weighted by molar-refractivity contribution is -0.167. The van der Waals surface area contributed by atoms with Crippen LogP contribution >= 0.6 is 0 Å². The maximum absolute atomic E-state index is 12.9. The highest BCUT2D eigenvalue weighted by Crippen LogP contribution is 2.17. The molecule has 0 aromatic carbocycles. The molecule has 1 atom stereocenters. The van der Waals surface area contributed by atoms with Crippen LogP contribution < -0.4 is 0 Å². The molecule has 0 saturated heterocycles. The van der Waals surface area contributed by atoms with Gasteiger partial charge in [-0.25, -0.2) is 0 Å².